The van der Waals surface area contributed by atoms with E-state index in [1.54, 1.807) is 6.07 Å². The zero-order valence-electron chi connectivity index (χ0n) is 6.80. The van der Waals surface area contributed by atoms with Crippen LogP contribution in [0.1, 0.15) is 11.1 Å². The van der Waals surface area contributed by atoms with E-state index in [-0.39, 0.29) is 0 Å². The van der Waals surface area contributed by atoms with Crippen molar-refractivity contribution in [3.05, 3.63) is 33.8 Å². The van der Waals surface area contributed by atoms with Crippen LogP contribution in [0.5, 0.6) is 0 Å². The van der Waals surface area contributed by atoms with Gasteiger partial charge >= 0.3 is 12.4 Å². The van der Waals surface area contributed by atoms with E-state index in [9.17, 15) is 26.3 Å². The van der Waals surface area contributed by atoms with Crippen LogP contribution in [0.2, 0.25) is 0 Å². The second kappa shape index (κ2) is 3.70. The van der Waals surface area contributed by atoms with Crippen molar-refractivity contribution in [1.82, 2.24) is 0 Å². The van der Waals surface area contributed by atoms with Crippen LogP contribution in [-0.4, -0.2) is 0 Å². The molecule has 0 unspecified atom stereocenters. The van der Waals surface area contributed by atoms with Crippen molar-refractivity contribution < 1.29 is 26.3 Å². The fourth-order valence-electron chi connectivity index (χ4n) is 0.974. The normalized spacial score (nSPS) is 13.0. The van der Waals surface area contributed by atoms with Gasteiger partial charge in [-0.05, 0) is 12.1 Å². The molecule has 0 bridgehead atoms. The predicted molar refractivity (Wildman–Crippen MR) is 43.0 cm³/mol. The molecule has 0 nitrogen and oxygen atoms in total. The minimum Gasteiger partial charge on any atom is -0.166 e. The zero-order valence-corrected chi connectivity index (χ0v) is 8.39. The second-order valence-electron chi connectivity index (χ2n) is 2.57. The summed E-state index contributed by atoms with van der Waals surface area (Å²) in [4.78, 5) is 0. The third-order valence-electron chi connectivity index (χ3n) is 1.51. The molecule has 83 valence electrons. The summed E-state index contributed by atoms with van der Waals surface area (Å²) in [6.45, 7) is 0. The van der Waals surface area contributed by atoms with Crippen LogP contribution in [0.4, 0.5) is 26.3 Å². The molecule has 0 spiro atoms. The van der Waals surface area contributed by atoms with Crippen LogP contribution >= 0.6 is 15.9 Å². The van der Waals surface area contributed by atoms with Gasteiger partial charge in [-0.1, -0.05) is 22.0 Å². The second-order valence-corrected chi connectivity index (χ2v) is 3.43. The van der Waals surface area contributed by atoms with E-state index >= 15 is 0 Å². The molecule has 0 aliphatic rings. The summed E-state index contributed by atoms with van der Waals surface area (Å²) in [6, 6.07) is 3.19. The van der Waals surface area contributed by atoms with Crippen molar-refractivity contribution in [2.45, 2.75) is 12.4 Å². The Morgan fingerprint density at radius 3 is 1.87 bits per heavy atom. The fraction of sp³-hybridized carbons (Fsp3) is 0.250. The summed E-state index contributed by atoms with van der Waals surface area (Å²) >= 11 is 2.44. The molecule has 1 radical (unpaired) electrons. The van der Waals surface area contributed by atoms with Crippen molar-refractivity contribution in [2.24, 2.45) is 0 Å². The summed E-state index contributed by atoms with van der Waals surface area (Å²) in [6.07, 6.45) is -10.1. The van der Waals surface area contributed by atoms with E-state index in [0.29, 0.717) is 0 Å². The molecule has 0 fully saturated rings. The molecule has 0 N–H and O–H groups in total. The van der Waals surface area contributed by atoms with Gasteiger partial charge in [0.15, 0.2) is 0 Å². The van der Waals surface area contributed by atoms with Crippen LogP contribution in [-0.2, 0) is 12.4 Å². The van der Waals surface area contributed by atoms with Gasteiger partial charge in [-0.2, -0.15) is 26.3 Å². The molecule has 1 aromatic rings. The first-order valence-electron chi connectivity index (χ1n) is 3.48. The molecule has 7 heteroatoms. The van der Waals surface area contributed by atoms with Crippen molar-refractivity contribution in [1.29, 1.82) is 0 Å². The lowest BCUT2D eigenvalue weighted by Crippen LogP contribution is -2.17. The van der Waals surface area contributed by atoms with Gasteiger partial charge in [-0.25, -0.2) is 0 Å². The number of alkyl halides is 6. The SMILES string of the molecule is FC(F)(F)c1[c]ccc(Br)c1C(F)(F)F. The number of hydrogen-bond acceptors (Lipinski definition) is 0. The lowest BCUT2D eigenvalue weighted by atomic mass is 10.1. The summed E-state index contributed by atoms with van der Waals surface area (Å²) in [5, 5.41) is 0. The predicted octanol–water partition coefficient (Wildman–Crippen LogP) is 4.29. The highest BCUT2D eigenvalue weighted by Gasteiger charge is 2.44. The highest BCUT2D eigenvalue weighted by atomic mass is 79.9. The average molecular weight is 292 g/mol. The Bertz CT molecular complexity index is 364. The quantitative estimate of drug-likeness (QED) is 0.626. The third-order valence-corrected chi connectivity index (χ3v) is 2.17. The zero-order chi connectivity index (χ0) is 11.9. The average Bonchev–Trinajstić information content (AvgIpc) is 1.99. The molecular weight excluding hydrogens is 290 g/mol. The van der Waals surface area contributed by atoms with Gasteiger partial charge < -0.3 is 0 Å². The molecule has 15 heavy (non-hydrogen) atoms. The minimum absolute atomic E-state index is 0.652. The lowest BCUT2D eigenvalue weighted by Gasteiger charge is -2.16. The number of hydrogen-bond donors (Lipinski definition) is 0. The summed E-state index contributed by atoms with van der Waals surface area (Å²) < 4.78 is 72.8. The molecule has 0 heterocycles. The molecule has 0 atom stereocenters. The Kier molecular flexibility index (Phi) is 3.04. The standard InChI is InChI=1S/C8H2BrF6/c9-5-3-1-2-4(7(10,11)12)6(5)8(13,14)15/h1,3H. The highest BCUT2D eigenvalue weighted by molar-refractivity contribution is 9.10. The maximum absolute atomic E-state index is 12.3. The largest absolute Gasteiger partial charge is 0.418 e. The molecule has 1 aromatic carbocycles. The van der Waals surface area contributed by atoms with E-state index in [4.69, 9.17) is 0 Å². The molecule has 0 saturated carbocycles. The van der Waals surface area contributed by atoms with Crippen molar-refractivity contribution in [3.8, 4) is 0 Å². The Morgan fingerprint density at radius 2 is 1.53 bits per heavy atom. The Balaban J connectivity index is 3.48. The molecule has 1 rings (SSSR count). The fourth-order valence-corrected chi connectivity index (χ4v) is 1.53. The van der Waals surface area contributed by atoms with Crippen molar-refractivity contribution >= 4 is 15.9 Å². The van der Waals surface area contributed by atoms with Crippen LogP contribution < -0.4 is 0 Å². The van der Waals surface area contributed by atoms with Gasteiger partial charge in [-0.15, -0.1) is 0 Å². The van der Waals surface area contributed by atoms with Gasteiger partial charge in [0.05, 0.1) is 11.1 Å². The monoisotopic (exact) mass is 291 g/mol. The van der Waals surface area contributed by atoms with Gasteiger partial charge in [0.25, 0.3) is 0 Å². The Hall–Kier alpha value is -0.720. The molecule has 0 aliphatic carbocycles. The van der Waals surface area contributed by atoms with Gasteiger partial charge in [-0.3, -0.25) is 0 Å². The van der Waals surface area contributed by atoms with Gasteiger partial charge in [0, 0.05) is 4.47 Å². The Morgan fingerprint density at radius 1 is 1.00 bits per heavy atom. The molecular formula is C8H2BrF6. The van der Waals surface area contributed by atoms with Crippen LogP contribution in [0.3, 0.4) is 0 Å². The van der Waals surface area contributed by atoms with E-state index in [0.717, 1.165) is 12.1 Å². The maximum Gasteiger partial charge on any atom is 0.418 e. The first kappa shape index (κ1) is 12.4. The van der Waals surface area contributed by atoms with Crippen molar-refractivity contribution in [2.75, 3.05) is 0 Å². The minimum atomic E-state index is -5.07. The van der Waals surface area contributed by atoms with E-state index in [2.05, 4.69) is 15.9 Å². The first-order valence-corrected chi connectivity index (χ1v) is 4.28. The molecule has 0 aromatic heterocycles. The molecule has 0 amide bonds. The molecule has 0 saturated heterocycles. The molecule has 0 aliphatic heterocycles. The summed E-state index contributed by atoms with van der Waals surface area (Å²) in [5.74, 6) is 0. The number of halogens is 7. The lowest BCUT2D eigenvalue weighted by molar-refractivity contribution is -0.162. The summed E-state index contributed by atoms with van der Waals surface area (Å²) in [7, 11) is 0. The van der Waals surface area contributed by atoms with E-state index < -0.39 is 28.0 Å². The smallest absolute Gasteiger partial charge is 0.166 e. The van der Waals surface area contributed by atoms with Crippen LogP contribution in [0.25, 0.3) is 0 Å². The van der Waals surface area contributed by atoms with Crippen LogP contribution in [0.15, 0.2) is 16.6 Å². The van der Waals surface area contributed by atoms with Crippen LogP contribution in [0, 0.1) is 6.07 Å². The summed E-state index contributed by atoms with van der Waals surface area (Å²) in [5.41, 5.74) is -3.57. The van der Waals surface area contributed by atoms with Gasteiger partial charge in [0.2, 0.25) is 0 Å². The highest BCUT2D eigenvalue weighted by Crippen LogP contribution is 2.43. The van der Waals surface area contributed by atoms with Crippen molar-refractivity contribution in [3.63, 3.8) is 0 Å². The topological polar surface area (TPSA) is 0 Å². The van der Waals surface area contributed by atoms with E-state index in [1.807, 2.05) is 0 Å². The number of benzene rings is 1. The first-order chi connectivity index (χ1) is 6.64. The number of rotatable bonds is 0. The Labute approximate surface area is 89.0 Å². The van der Waals surface area contributed by atoms with E-state index in [1.165, 1.54) is 0 Å². The van der Waals surface area contributed by atoms with Gasteiger partial charge in [0.1, 0.15) is 0 Å². The third kappa shape index (κ3) is 2.64. The maximum atomic E-state index is 12.3.